The molecule has 1 saturated heterocycles. The summed E-state index contributed by atoms with van der Waals surface area (Å²) in [7, 11) is 0. The average molecular weight is 306 g/mol. The molecule has 1 atom stereocenters. The number of hydrogen-bond donors (Lipinski definition) is 1. The average Bonchev–Trinajstić information content (AvgIpc) is 3.08. The molecule has 92 valence electrons. The largest absolute Gasteiger partial charge is 0.355 e. The Labute approximate surface area is 110 Å². The van der Waals surface area contributed by atoms with Gasteiger partial charge in [0.25, 0.3) is 0 Å². The van der Waals surface area contributed by atoms with Crippen molar-refractivity contribution in [1.82, 2.24) is 5.32 Å². The van der Waals surface area contributed by atoms with Gasteiger partial charge in [-0.25, -0.2) is 0 Å². The first-order chi connectivity index (χ1) is 7.76. The predicted octanol–water partition coefficient (Wildman–Crippen LogP) is 2.95. The molecule has 2 aliphatic rings. The van der Waals surface area contributed by atoms with Gasteiger partial charge >= 0.3 is 0 Å². The van der Waals surface area contributed by atoms with Gasteiger partial charge in [-0.2, -0.15) is 0 Å². The van der Waals surface area contributed by atoms with E-state index in [2.05, 4.69) is 21.2 Å². The van der Waals surface area contributed by atoms with Crippen LogP contribution in [0.4, 0.5) is 0 Å². The summed E-state index contributed by atoms with van der Waals surface area (Å²) in [5, 5.41) is 4.45. The molecule has 1 amide bonds. The fourth-order valence-corrected chi connectivity index (χ4v) is 4.29. The highest BCUT2D eigenvalue weighted by Crippen LogP contribution is 2.48. The van der Waals surface area contributed by atoms with Gasteiger partial charge < -0.3 is 5.32 Å². The van der Waals surface area contributed by atoms with Gasteiger partial charge in [0.15, 0.2) is 0 Å². The number of amides is 1. The van der Waals surface area contributed by atoms with Crippen LogP contribution in [0.3, 0.4) is 0 Å². The van der Waals surface area contributed by atoms with E-state index in [9.17, 15) is 4.79 Å². The van der Waals surface area contributed by atoms with Crippen LogP contribution in [0.25, 0.3) is 0 Å². The van der Waals surface area contributed by atoms with E-state index in [-0.39, 0.29) is 11.2 Å². The van der Waals surface area contributed by atoms with Gasteiger partial charge in [-0.15, -0.1) is 11.8 Å². The van der Waals surface area contributed by atoms with Crippen molar-refractivity contribution in [3.63, 3.8) is 0 Å². The Balaban J connectivity index is 1.70. The van der Waals surface area contributed by atoms with Gasteiger partial charge in [0.05, 0.1) is 5.25 Å². The standard InChI is InChI=1S/C12H20BrNOS/c13-7-6-12(4-5-12)9-14-11(15)10-3-1-2-8-16-10/h10H,1-9H2,(H,14,15). The zero-order chi connectivity index (χ0) is 11.4. The Morgan fingerprint density at radius 2 is 2.25 bits per heavy atom. The van der Waals surface area contributed by atoms with Crippen LogP contribution in [-0.4, -0.2) is 28.8 Å². The molecule has 1 heterocycles. The van der Waals surface area contributed by atoms with Crippen LogP contribution in [0, 0.1) is 5.41 Å². The monoisotopic (exact) mass is 305 g/mol. The zero-order valence-corrected chi connectivity index (χ0v) is 12.0. The second-order valence-electron chi connectivity index (χ2n) is 5.01. The van der Waals surface area contributed by atoms with Gasteiger partial charge in [0.2, 0.25) is 5.91 Å². The summed E-state index contributed by atoms with van der Waals surface area (Å²) >= 11 is 5.33. The van der Waals surface area contributed by atoms with Crippen molar-refractivity contribution < 1.29 is 4.79 Å². The maximum absolute atomic E-state index is 11.9. The second kappa shape index (κ2) is 5.76. The number of nitrogens with one attached hydrogen (secondary N) is 1. The molecular formula is C12H20BrNOS. The molecular weight excluding hydrogens is 286 g/mol. The topological polar surface area (TPSA) is 29.1 Å². The third-order valence-electron chi connectivity index (χ3n) is 3.69. The lowest BCUT2D eigenvalue weighted by Gasteiger charge is -2.22. The van der Waals surface area contributed by atoms with Crippen molar-refractivity contribution in [2.75, 3.05) is 17.6 Å². The summed E-state index contributed by atoms with van der Waals surface area (Å²) in [4.78, 5) is 11.9. The predicted molar refractivity (Wildman–Crippen MR) is 73.2 cm³/mol. The van der Waals surface area contributed by atoms with Crippen LogP contribution in [0.15, 0.2) is 0 Å². The lowest BCUT2D eigenvalue weighted by molar-refractivity contribution is -0.121. The number of halogens is 1. The minimum Gasteiger partial charge on any atom is -0.355 e. The van der Waals surface area contributed by atoms with E-state index in [4.69, 9.17) is 0 Å². The molecule has 1 aliphatic heterocycles. The maximum Gasteiger partial charge on any atom is 0.233 e. The summed E-state index contributed by atoms with van der Waals surface area (Å²) in [6.07, 6.45) is 7.35. The molecule has 0 radical (unpaired) electrons. The van der Waals surface area contributed by atoms with Crippen molar-refractivity contribution in [1.29, 1.82) is 0 Å². The van der Waals surface area contributed by atoms with Crippen LogP contribution < -0.4 is 5.32 Å². The first-order valence-electron chi connectivity index (χ1n) is 6.21. The Bertz CT molecular complexity index is 249. The molecule has 2 fully saturated rings. The molecule has 1 unspecified atom stereocenters. The van der Waals surface area contributed by atoms with Crippen LogP contribution >= 0.6 is 27.7 Å². The van der Waals surface area contributed by atoms with E-state index in [1.54, 1.807) is 0 Å². The molecule has 2 nitrogen and oxygen atoms in total. The van der Waals surface area contributed by atoms with E-state index in [1.165, 1.54) is 32.1 Å². The molecule has 2 rings (SSSR count). The maximum atomic E-state index is 11.9. The van der Waals surface area contributed by atoms with E-state index in [1.807, 2.05) is 11.8 Å². The molecule has 0 spiro atoms. The molecule has 0 aromatic heterocycles. The minimum absolute atomic E-state index is 0.230. The lowest BCUT2D eigenvalue weighted by Crippen LogP contribution is -2.37. The Morgan fingerprint density at radius 1 is 1.44 bits per heavy atom. The van der Waals surface area contributed by atoms with E-state index in [0.29, 0.717) is 5.41 Å². The van der Waals surface area contributed by atoms with Gasteiger partial charge in [-0.3, -0.25) is 4.79 Å². The van der Waals surface area contributed by atoms with E-state index in [0.717, 1.165) is 24.0 Å². The smallest absolute Gasteiger partial charge is 0.233 e. The fourth-order valence-electron chi connectivity index (χ4n) is 2.23. The second-order valence-corrected chi connectivity index (χ2v) is 7.12. The number of alkyl halides is 1. The normalized spacial score (nSPS) is 27.4. The number of rotatable bonds is 5. The van der Waals surface area contributed by atoms with Crippen molar-refractivity contribution in [2.45, 2.75) is 43.8 Å². The van der Waals surface area contributed by atoms with Crippen LogP contribution in [0.5, 0.6) is 0 Å². The van der Waals surface area contributed by atoms with E-state index < -0.39 is 0 Å². The minimum atomic E-state index is 0.230. The molecule has 16 heavy (non-hydrogen) atoms. The molecule has 0 aromatic carbocycles. The van der Waals surface area contributed by atoms with Crippen LogP contribution in [-0.2, 0) is 4.79 Å². The quantitative estimate of drug-likeness (QED) is 0.791. The van der Waals surface area contributed by atoms with Crippen LogP contribution in [0.1, 0.15) is 38.5 Å². The van der Waals surface area contributed by atoms with Gasteiger partial charge in [-0.05, 0) is 43.3 Å². The van der Waals surface area contributed by atoms with Gasteiger partial charge in [0.1, 0.15) is 0 Å². The third kappa shape index (κ3) is 3.39. The first-order valence-corrected chi connectivity index (χ1v) is 8.38. The highest BCUT2D eigenvalue weighted by molar-refractivity contribution is 9.09. The molecule has 4 heteroatoms. The summed E-state index contributed by atoms with van der Waals surface area (Å²) in [6, 6.07) is 0. The number of carbonyl (C=O) groups is 1. The van der Waals surface area contributed by atoms with Crippen molar-refractivity contribution >= 4 is 33.6 Å². The fraction of sp³-hybridized carbons (Fsp3) is 0.917. The molecule has 0 aromatic rings. The Morgan fingerprint density at radius 3 is 2.81 bits per heavy atom. The number of carbonyl (C=O) groups excluding carboxylic acids is 1. The third-order valence-corrected chi connectivity index (χ3v) is 5.46. The molecule has 1 saturated carbocycles. The highest BCUT2D eigenvalue weighted by Gasteiger charge is 2.42. The first kappa shape index (κ1) is 12.7. The molecule has 1 aliphatic carbocycles. The van der Waals surface area contributed by atoms with Gasteiger partial charge in [-0.1, -0.05) is 22.4 Å². The van der Waals surface area contributed by atoms with Crippen LogP contribution in [0.2, 0.25) is 0 Å². The Hall–Kier alpha value is 0.300. The van der Waals surface area contributed by atoms with Crippen molar-refractivity contribution in [3.8, 4) is 0 Å². The van der Waals surface area contributed by atoms with Gasteiger partial charge in [0, 0.05) is 11.9 Å². The molecule has 1 N–H and O–H groups in total. The zero-order valence-electron chi connectivity index (χ0n) is 9.64. The SMILES string of the molecule is O=C(NCC1(CCBr)CC1)C1CCCCS1. The lowest BCUT2D eigenvalue weighted by atomic mass is 10.0. The summed E-state index contributed by atoms with van der Waals surface area (Å²) in [6.45, 7) is 0.897. The van der Waals surface area contributed by atoms with E-state index >= 15 is 0 Å². The van der Waals surface area contributed by atoms with Crippen molar-refractivity contribution in [3.05, 3.63) is 0 Å². The summed E-state index contributed by atoms with van der Waals surface area (Å²) < 4.78 is 0. The van der Waals surface area contributed by atoms with Crippen molar-refractivity contribution in [2.24, 2.45) is 5.41 Å². The number of thioether (sulfide) groups is 1. The Kier molecular flexibility index (Phi) is 4.59. The summed E-state index contributed by atoms with van der Waals surface area (Å²) in [5.74, 6) is 1.44. The number of hydrogen-bond acceptors (Lipinski definition) is 2. The molecule has 0 bridgehead atoms. The summed E-state index contributed by atoms with van der Waals surface area (Å²) in [5.41, 5.74) is 0.443. The highest BCUT2D eigenvalue weighted by atomic mass is 79.9.